The van der Waals surface area contributed by atoms with Gasteiger partial charge in [0.05, 0.1) is 23.4 Å². The molecular formula is C11H6F3KN2O3. The summed E-state index contributed by atoms with van der Waals surface area (Å²) < 4.78 is 38.9. The fraction of sp³-hybridized carbons (Fsp3) is 0.0909. The number of aromatic nitrogens is 2. The number of nitrogens with zero attached hydrogens (tertiary/aromatic N) is 2. The number of rotatable bonds is 2. The molecule has 0 bridgehead atoms. The number of hydrogen-bond donors (Lipinski definition) is 1. The molecular weight excluding hydrogens is 304 g/mol. The second-order valence-corrected chi connectivity index (χ2v) is 3.61. The first-order valence-corrected chi connectivity index (χ1v) is 4.97. The Morgan fingerprint density at radius 1 is 1.30 bits per heavy atom. The summed E-state index contributed by atoms with van der Waals surface area (Å²) in [6, 6.07) is 4.46. The van der Waals surface area contributed by atoms with E-state index in [1.165, 1.54) is 12.1 Å². The van der Waals surface area contributed by atoms with Crippen LogP contribution in [0.5, 0.6) is 5.75 Å². The van der Waals surface area contributed by atoms with Crippen LogP contribution in [0.25, 0.3) is 5.69 Å². The Balaban J connectivity index is 0.00000200. The van der Waals surface area contributed by atoms with Crippen molar-refractivity contribution < 1.29 is 79.6 Å². The van der Waals surface area contributed by atoms with E-state index in [0.717, 1.165) is 18.3 Å². The van der Waals surface area contributed by atoms with Gasteiger partial charge in [-0.25, -0.2) is 4.68 Å². The first kappa shape index (κ1) is 17.2. The molecule has 2 aromatic rings. The van der Waals surface area contributed by atoms with Crippen molar-refractivity contribution in [3.8, 4) is 11.4 Å². The second-order valence-electron chi connectivity index (χ2n) is 3.61. The maximum absolute atomic E-state index is 12.8. The van der Waals surface area contributed by atoms with Gasteiger partial charge in [-0.3, -0.25) is 0 Å². The van der Waals surface area contributed by atoms with Crippen LogP contribution in [0.15, 0.2) is 30.5 Å². The SMILES string of the molecule is O=C([O-])c1nn(-c2ccccc2C(F)(F)F)cc1O.[K+]. The van der Waals surface area contributed by atoms with E-state index in [2.05, 4.69) is 5.10 Å². The van der Waals surface area contributed by atoms with E-state index in [0.29, 0.717) is 4.68 Å². The molecule has 1 heterocycles. The number of carboxylic acids is 1. The summed E-state index contributed by atoms with van der Waals surface area (Å²) in [7, 11) is 0. The van der Waals surface area contributed by atoms with Crippen molar-refractivity contribution >= 4 is 5.97 Å². The number of hydrogen-bond acceptors (Lipinski definition) is 4. The molecule has 1 aromatic heterocycles. The summed E-state index contributed by atoms with van der Waals surface area (Å²) in [6.07, 6.45) is -3.85. The van der Waals surface area contributed by atoms with Crippen LogP contribution in [0, 0.1) is 0 Å². The Bertz CT molecular complexity index is 640. The molecule has 1 aromatic carbocycles. The third kappa shape index (κ3) is 3.41. The topological polar surface area (TPSA) is 78.2 Å². The number of para-hydroxylation sites is 1. The Kier molecular flexibility index (Phi) is 5.38. The zero-order valence-corrected chi connectivity index (χ0v) is 13.3. The van der Waals surface area contributed by atoms with Crippen LogP contribution in [0.3, 0.4) is 0 Å². The predicted octanol–water partition coefficient (Wildman–Crippen LogP) is -2.04. The second kappa shape index (κ2) is 6.27. The van der Waals surface area contributed by atoms with Gasteiger partial charge in [-0.2, -0.15) is 18.3 Å². The average Bonchev–Trinajstić information content (AvgIpc) is 2.70. The Morgan fingerprint density at radius 3 is 2.40 bits per heavy atom. The van der Waals surface area contributed by atoms with Crippen LogP contribution in [-0.2, 0) is 6.18 Å². The number of aromatic carboxylic acids is 1. The minimum Gasteiger partial charge on any atom is -0.543 e. The maximum atomic E-state index is 12.8. The number of halogens is 3. The van der Waals surface area contributed by atoms with Gasteiger partial charge in [-0.15, -0.1) is 0 Å². The molecule has 0 aliphatic carbocycles. The number of carboxylic acid groups (broad SMARTS) is 1. The summed E-state index contributed by atoms with van der Waals surface area (Å²) >= 11 is 0. The molecule has 0 fully saturated rings. The van der Waals surface area contributed by atoms with Gasteiger partial charge in [0.25, 0.3) is 0 Å². The first-order chi connectivity index (χ1) is 8.80. The van der Waals surface area contributed by atoms with E-state index >= 15 is 0 Å². The number of carbonyl (C=O) groups is 1. The van der Waals surface area contributed by atoms with Gasteiger partial charge in [-0.1, -0.05) is 12.1 Å². The van der Waals surface area contributed by atoms with Crippen LogP contribution < -0.4 is 56.5 Å². The molecule has 0 spiro atoms. The third-order valence-corrected chi connectivity index (χ3v) is 2.34. The van der Waals surface area contributed by atoms with Gasteiger partial charge in [0.15, 0.2) is 5.75 Å². The number of benzene rings is 1. The third-order valence-electron chi connectivity index (χ3n) is 2.34. The van der Waals surface area contributed by atoms with Crippen molar-refractivity contribution in [2.75, 3.05) is 0 Å². The molecule has 100 valence electrons. The van der Waals surface area contributed by atoms with Crippen molar-refractivity contribution in [3.05, 3.63) is 41.7 Å². The van der Waals surface area contributed by atoms with Gasteiger partial charge >= 0.3 is 57.6 Å². The normalized spacial score (nSPS) is 10.9. The van der Waals surface area contributed by atoms with E-state index in [9.17, 15) is 28.2 Å². The van der Waals surface area contributed by atoms with Crippen molar-refractivity contribution in [2.24, 2.45) is 0 Å². The largest absolute Gasteiger partial charge is 1.00 e. The van der Waals surface area contributed by atoms with Gasteiger partial charge in [0, 0.05) is 0 Å². The standard InChI is InChI=1S/C11H7F3N2O3.K/c12-11(13,14)6-3-1-2-4-7(6)16-5-8(17)9(15-16)10(18)19;/h1-5,17H,(H,18,19);/q;+1/p-1. The van der Waals surface area contributed by atoms with Crippen molar-refractivity contribution in [2.45, 2.75) is 6.18 Å². The number of aromatic hydroxyl groups is 1. The number of alkyl halides is 3. The molecule has 0 unspecified atom stereocenters. The molecule has 0 saturated heterocycles. The molecule has 5 nitrogen and oxygen atoms in total. The van der Waals surface area contributed by atoms with E-state index in [1.807, 2.05) is 0 Å². The molecule has 2 rings (SSSR count). The van der Waals surface area contributed by atoms with Crippen LogP contribution in [-0.4, -0.2) is 20.9 Å². The summed E-state index contributed by atoms with van der Waals surface area (Å²) in [6.45, 7) is 0. The smallest absolute Gasteiger partial charge is 0.543 e. The zero-order chi connectivity index (χ0) is 14.2. The Labute approximate surface area is 153 Å². The summed E-state index contributed by atoms with van der Waals surface area (Å²) in [5, 5.41) is 23.2. The van der Waals surface area contributed by atoms with Crippen LogP contribution in [0.4, 0.5) is 13.2 Å². The Hall–Kier alpha value is -0.874. The van der Waals surface area contributed by atoms with Crippen molar-refractivity contribution in [1.82, 2.24) is 9.78 Å². The first-order valence-electron chi connectivity index (χ1n) is 4.97. The van der Waals surface area contributed by atoms with Gasteiger partial charge < -0.3 is 15.0 Å². The van der Waals surface area contributed by atoms with Gasteiger partial charge in [-0.05, 0) is 12.1 Å². The molecule has 0 amide bonds. The zero-order valence-electron chi connectivity index (χ0n) is 10.2. The monoisotopic (exact) mass is 310 g/mol. The van der Waals surface area contributed by atoms with Crippen molar-refractivity contribution in [1.29, 1.82) is 0 Å². The van der Waals surface area contributed by atoms with Gasteiger partial charge in [0.2, 0.25) is 0 Å². The molecule has 9 heteroatoms. The maximum Gasteiger partial charge on any atom is 1.00 e. The molecule has 0 saturated carbocycles. The minimum absolute atomic E-state index is 0. The average molecular weight is 310 g/mol. The predicted molar refractivity (Wildman–Crippen MR) is 54.6 cm³/mol. The van der Waals surface area contributed by atoms with E-state index < -0.39 is 34.8 Å². The molecule has 0 aliphatic heterocycles. The van der Waals surface area contributed by atoms with Crippen LogP contribution >= 0.6 is 0 Å². The fourth-order valence-corrected chi connectivity index (χ4v) is 1.55. The summed E-state index contributed by atoms with van der Waals surface area (Å²) in [5.41, 5.74) is -2.21. The van der Waals surface area contributed by atoms with Crippen LogP contribution in [0.1, 0.15) is 16.1 Å². The van der Waals surface area contributed by atoms with E-state index in [4.69, 9.17) is 0 Å². The summed E-state index contributed by atoms with van der Waals surface area (Å²) in [4.78, 5) is 10.6. The number of carbonyl (C=O) groups excluding carboxylic acids is 1. The minimum atomic E-state index is -4.63. The molecule has 1 N–H and O–H groups in total. The van der Waals surface area contributed by atoms with Gasteiger partial charge in [0.1, 0.15) is 5.69 Å². The van der Waals surface area contributed by atoms with Crippen LogP contribution in [0.2, 0.25) is 0 Å². The quantitative estimate of drug-likeness (QED) is 0.649. The Morgan fingerprint density at radius 2 is 1.90 bits per heavy atom. The molecule has 0 aliphatic rings. The van der Waals surface area contributed by atoms with E-state index in [1.54, 1.807) is 0 Å². The fourth-order valence-electron chi connectivity index (χ4n) is 1.55. The summed E-state index contributed by atoms with van der Waals surface area (Å²) in [5.74, 6) is -2.54. The van der Waals surface area contributed by atoms with Crippen molar-refractivity contribution in [3.63, 3.8) is 0 Å². The molecule has 0 radical (unpaired) electrons. The molecule has 20 heavy (non-hydrogen) atoms. The molecule has 0 atom stereocenters. The van der Waals surface area contributed by atoms with E-state index in [-0.39, 0.29) is 51.4 Å².